The number of carbonyl (C=O) groups is 1. The van der Waals surface area contributed by atoms with Crippen molar-refractivity contribution in [3.05, 3.63) is 28.8 Å². The third kappa shape index (κ3) is 8.31. The number of hydrogen-bond donors (Lipinski definition) is 1. The topological polar surface area (TPSA) is 46.5 Å². The van der Waals surface area contributed by atoms with Gasteiger partial charge >= 0.3 is 5.97 Å². The van der Waals surface area contributed by atoms with Gasteiger partial charge in [0, 0.05) is 0 Å². The van der Waals surface area contributed by atoms with Gasteiger partial charge in [-0.3, -0.25) is 0 Å². The van der Waals surface area contributed by atoms with Gasteiger partial charge in [0.25, 0.3) is 0 Å². The van der Waals surface area contributed by atoms with E-state index in [2.05, 4.69) is 34.6 Å². The number of aliphatic carboxylic acids is 1. The zero-order valence-electron chi connectivity index (χ0n) is 17.4. The molecule has 0 amide bonds. The van der Waals surface area contributed by atoms with E-state index in [1.165, 1.54) is 19.3 Å². The number of carboxylic acids is 1. The highest BCUT2D eigenvalue weighted by Crippen LogP contribution is 2.36. The first kappa shape index (κ1) is 26.1. The molecule has 1 N–H and O–H groups in total. The lowest BCUT2D eigenvalue weighted by Crippen LogP contribution is -2.27. The molecule has 0 saturated carbocycles. The molecule has 0 saturated heterocycles. The lowest BCUT2D eigenvalue weighted by Gasteiger charge is -2.30. The first-order chi connectivity index (χ1) is 12.2. The maximum atomic E-state index is 11.5. The SMILES string of the molecule is CCCCCCCCC(Oc1ccc(C(C)(C)C(C)C)cc1Cl)C(=O)O.Cl. The summed E-state index contributed by atoms with van der Waals surface area (Å²) in [5.41, 5.74) is 1.12. The van der Waals surface area contributed by atoms with Crippen molar-refractivity contribution in [1.29, 1.82) is 0 Å². The normalized spacial score (nSPS) is 12.6. The minimum atomic E-state index is -0.929. The second kappa shape index (κ2) is 12.5. The van der Waals surface area contributed by atoms with Crippen molar-refractivity contribution in [2.45, 2.75) is 91.1 Å². The molecule has 1 unspecified atom stereocenters. The molecule has 0 aliphatic carbocycles. The lowest BCUT2D eigenvalue weighted by atomic mass is 9.75. The third-order valence-corrected chi connectivity index (χ3v) is 5.78. The van der Waals surface area contributed by atoms with Crippen LogP contribution in [-0.4, -0.2) is 17.2 Å². The first-order valence-electron chi connectivity index (χ1n) is 9.89. The molecule has 156 valence electrons. The van der Waals surface area contributed by atoms with E-state index < -0.39 is 12.1 Å². The molecule has 0 bridgehead atoms. The molecule has 1 rings (SSSR count). The average molecular weight is 419 g/mol. The number of benzene rings is 1. The molecule has 27 heavy (non-hydrogen) atoms. The van der Waals surface area contributed by atoms with Gasteiger partial charge in [-0.2, -0.15) is 0 Å². The van der Waals surface area contributed by atoms with Gasteiger partial charge in [0.15, 0.2) is 6.10 Å². The van der Waals surface area contributed by atoms with Crippen LogP contribution in [0.25, 0.3) is 0 Å². The highest BCUT2D eigenvalue weighted by Gasteiger charge is 2.26. The zero-order valence-corrected chi connectivity index (χ0v) is 19.0. The number of unbranched alkanes of at least 4 members (excludes halogenated alkanes) is 5. The molecule has 3 nitrogen and oxygen atoms in total. The summed E-state index contributed by atoms with van der Waals surface area (Å²) >= 11 is 6.39. The van der Waals surface area contributed by atoms with Crippen molar-refractivity contribution in [2.24, 2.45) is 5.92 Å². The fraction of sp³-hybridized carbons (Fsp3) is 0.682. The molecule has 0 heterocycles. The van der Waals surface area contributed by atoms with Gasteiger partial charge in [0.05, 0.1) is 5.02 Å². The Kier molecular flexibility index (Phi) is 12.1. The number of carboxylic acid groups (broad SMARTS) is 1. The molecule has 0 spiro atoms. The van der Waals surface area contributed by atoms with E-state index in [1.54, 1.807) is 6.07 Å². The van der Waals surface area contributed by atoms with Gasteiger partial charge in [-0.15, -0.1) is 12.4 Å². The van der Waals surface area contributed by atoms with Crippen LogP contribution in [0.3, 0.4) is 0 Å². The number of hydrogen-bond acceptors (Lipinski definition) is 2. The summed E-state index contributed by atoms with van der Waals surface area (Å²) in [6.07, 6.45) is 6.39. The number of ether oxygens (including phenoxy) is 1. The van der Waals surface area contributed by atoms with Gasteiger partial charge in [-0.1, -0.05) is 84.4 Å². The average Bonchev–Trinajstić information content (AvgIpc) is 2.57. The first-order valence-corrected chi connectivity index (χ1v) is 10.3. The highest BCUT2D eigenvalue weighted by atomic mass is 35.5. The van der Waals surface area contributed by atoms with E-state index in [1.807, 2.05) is 12.1 Å². The van der Waals surface area contributed by atoms with Crippen LogP contribution in [0, 0.1) is 5.92 Å². The van der Waals surface area contributed by atoms with Gasteiger partial charge < -0.3 is 9.84 Å². The maximum Gasteiger partial charge on any atom is 0.344 e. The number of rotatable bonds is 12. The van der Waals surface area contributed by atoms with Crippen LogP contribution >= 0.6 is 24.0 Å². The molecule has 1 atom stereocenters. The Balaban J connectivity index is 0.00000676. The van der Waals surface area contributed by atoms with Crippen molar-refractivity contribution < 1.29 is 14.6 Å². The van der Waals surface area contributed by atoms with Crippen LogP contribution in [0.2, 0.25) is 5.02 Å². The Morgan fingerprint density at radius 1 is 1.15 bits per heavy atom. The van der Waals surface area contributed by atoms with Crippen LogP contribution in [0.15, 0.2) is 18.2 Å². The molecule has 5 heteroatoms. The smallest absolute Gasteiger partial charge is 0.344 e. The highest BCUT2D eigenvalue weighted by molar-refractivity contribution is 6.32. The van der Waals surface area contributed by atoms with Gasteiger partial charge in [0.2, 0.25) is 0 Å². The van der Waals surface area contributed by atoms with Crippen molar-refractivity contribution in [2.75, 3.05) is 0 Å². The summed E-state index contributed by atoms with van der Waals surface area (Å²) < 4.78 is 5.73. The Morgan fingerprint density at radius 2 is 1.74 bits per heavy atom. The van der Waals surface area contributed by atoms with Crippen molar-refractivity contribution in [3.63, 3.8) is 0 Å². The van der Waals surface area contributed by atoms with Crippen molar-refractivity contribution >= 4 is 30.0 Å². The van der Waals surface area contributed by atoms with Crippen LogP contribution in [-0.2, 0) is 10.2 Å². The fourth-order valence-electron chi connectivity index (χ4n) is 2.83. The minimum absolute atomic E-state index is 0. The zero-order chi connectivity index (χ0) is 19.7. The van der Waals surface area contributed by atoms with E-state index in [0.29, 0.717) is 23.1 Å². The van der Waals surface area contributed by atoms with Crippen molar-refractivity contribution in [3.8, 4) is 5.75 Å². The molecular formula is C22H36Cl2O3. The van der Waals surface area contributed by atoms with E-state index in [-0.39, 0.29) is 17.8 Å². The van der Waals surface area contributed by atoms with Gasteiger partial charge in [0.1, 0.15) is 5.75 Å². The Bertz CT molecular complexity index is 571. The summed E-state index contributed by atoms with van der Waals surface area (Å²) in [5.74, 6) is -0.0145. The van der Waals surface area contributed by atoms with Gasteiger partial charge in [-0.05, 0) is 41.9 Å². The van der Waals surface area contributed by atoms with E-state index in [9.17, 15) is 9.90 Å². The van der Waals surface area contributed by atoms with Crippen LogP contribution in [0.4, 0.5) is 0 Å². The third-order valence-electron chi connectivity index (χ3n) is 5.48. The molecule has 0 radical (unpaired) electrons. The van der Waals surface area contributed by atoms with Crippen molar-refractivity contribution in [1.82, 2.24) is 0 Å². The molecule has 1 aromatic rings. The molecule has 1 aromatic carbocycles. The van der Waals surface area contributed by atoms with Crippen LogP contribution in [0.1, 0.15) is 85.1 Å². The molecule has 0 aliphatic rings. The Morgan fingerprint density at radius 3 is 2.26 bits per heavy atom. The second-order valence-corrected chi connectivity index (χ2v) is 8.43. The van der Waals surface area contributed by atoms with E-state index >= 15 is 0 Å². The predicted octanol–water partition coefficient (Wildman–Crippen LogP) is 7.28. The quantitative estimate of drug-likeness (QED) is 0.362. The fourth-order valence-corrected chi connectivity index (χ4v) is 3.05. The largest absolute Gasteiger partial charge is 0.479 e. The standard InChI is InChI=1S/C22H35ClO3.ClH/c1-6-7-8-9-10-11-12-20(21(24)25)26-19-14-13-17(15-18(19)23)22(4,5)16(2)3;/h13-16,20H,6-12H2,1-5H3,(H,24,25);1H. The minimum Gasteiger partial charge on any atom is -0.479 e. The summed E-state index contributed by atoms with van der Waals surface area (Å²) in [6, 6.07) is 5.70. The summed E-state index contributed by atoms with van der Waals surface area (Å²) in [6.45, 7) is 10.9. The molecule has 0 aliphatic heterocycles. The summed E-state index contributed by atoms with van der Waals surface area (Å²) in [7, 11) is 0. The Labute approximate surface area is 176 Å². The van der Waals surface area contributed by atoms with E-state index in [4.69, 9.17) is 16.3 Å². The van der Waals surface area contributed by atoms with Crippen LogP contribution in [0.5, 0.6) is 5.75 Å². The predicted molar refractivity (Wildman–Crippen MR) is 117 cm³/mol. The summed E-state index contributed by atoms with van der Waals surface area (Å²) in [5, 5.41) is 9.93. The van der Waals surface area contributed by atoms with E-state index in [0.717, 1.165) is 24.8 Å². The monoisotopic (exact) mass is 418 g/mol. The second-order valence-electron chi connectivity index (χ2n) is 8.02. The number of halogens is 2. The molecule has 0 aromatic heterocycles. The molecule has 0 fully saturated rings. The van der Waals surface area contributed by atoms with Gasteiger partial charge in [-0.25, -0.2) is 4.79 Å². The Hall–Kier alpha value is -0.930. The maximum absolute atomic E-state index is 11.5. The molecular weight excluding hydrogens is 383 g/mol. The summed E-state index contributed by atoms with van der Waals surface area (Å²) in [4.78, 5) is 11.5. The lowest BCUT2D eigenvalue weighted by molar-refractivity contribution is -0.145. The van der Waals surface area contributed by atoms with Crippen LogP contribution < -0.4 is 4.74 Å².